The molecule has 3 heterocycles. The van der Waals surface area contributed by atoms with Gasteiger partial charge in [-0.15, -0.1) is 0 Å². The molecule has 0 amide bonds. The van der Waals surface area contributed by atoms with E-state index in [1.165, 1.54) is 10.9 Å². The van der Waals surface area contributed by atoms with E-state index in [4.69, 9.17) is 14.4 Å². The SMILES string of the molecule is CC(C)(C)c1cc(-c2cccc3c2oc2c(-c4cc5ccccc5cn4)cccc23)nc(C(C)(C)C)c1. The minimum Gasteiger partial charge on any atom is -0.455 e. The Bertz CT molecular complexity index is 1760. The van der Waals surface area contributed by atoms with E-state index in [-0.39, 0.29) is 10.8 Å². The summed E-state index contributed by atoms with van der Waals surface area (Å²) in [7, 11) is 0. The molecule has 6 rings (SSSR count). The molecule has 0 aliphatic carbocycles. The summed E-state index contributed by atoms with van der Waals surface area (Å²) in [6.07, 6.45) is 1.94. The molecule has 37 heavy (non-hydrogen) atoms. The number of furan rings is 1. The van der Waals surface area contributed by atoms with E-state index in [1.54, 1.807) is 0 Å². The summed E-state index contributed by atoms with van der Waals surface area (Å²) in [4.78, 5) is 9.93. The smallest absolute Gasteiger partial charge is 0.144 e. The van der Waals surface area contributed by atoms with Gasteiger partial charge in [0.15, 0.2) is 0 Å². The number of benzene rings is 3. The van der Waals surface area contributed by atoms with Crippen molar-refractivity contribution in [3.05, 3.63) is 96.3 Å². The highest BCUT2D eigenvalue weighted by molar-refractivity contribution is 6.12. The van der Waals surface area contributed by atoms with Crippen LogP contribution in [0.1, 0.15) is 52.8 Å². The van der Waals surface area contributed by atoms with Crippen LogP contribution in [0.5, 0.6) is 0 Å². The van der Waals surface area contributed by atoms with Crippen molar-refractivity contribution in [2.24, 2.45) is 0 Å². The number of hydrogen-bond acceptors (Lipinski definition) is 3. The predicted octanol–water partition coefficient (Wildman–Crippen LogP) is 9.46. The molecule has 0 atom stereocenters. The average molecular weight is 485 g/mol. The van der Waals surface area contributed by atoms with Crippen molar-refractivity contribution in [3.8, 4) is 22.5 Å². The van der Waals surface area contributed by atoms with Crippen LogP contribution in [0, 0.1) is 0 Å². The minimum atomic E-state index is -0.0628. The van der Waals surface area contributed by atoms with Crippen LogP contribution in [-0.2, 0) is 10.8 Å². The van der Waals surface area contributed by atoms with Gasteiger partial charge in [0.05, 0.1) is 11.4 Å². The van der Waals surface area contributed by atoms with E-state index in [2.05, 4.69) is 114 Å². The van der Waals surface area contributed by atoms with Crippen molar-refractivity contribution in [2.75, 3.05) is 0 Å². The van der Waals surface area contributed by atoms with Crippen LogP contribution >= 0.6 is 0 Å². The van der Waals surface area contributed by atoms with Crippen molar-refractivity contribution < 1.29 is 4.42 Å². The predicted molar refractivity (Wildman–Crippen MR) is 155 cm³/mol. The van der Waals surface area contributed by atoms with Crippen molar-refractivity contribution >= 4 is 32.7 Å². The third kappa shape index (κ3) is 4.09. The van der Waals surface area contributed by atoms with Gasteiger partial charge in [0.1, 0.15) is 11.2 Å². The number of nitrogens with zero attached hydrogens (tertiary/aromatic N) is 2. The third-order valence-electron chi connectivity index (χ3n) is 7.17. The lowest BCUT2D eigenvalue weighted by Crippen LogP contribution is -2.18. The average Bonchev–Trinajstić information content (AvgIpc) is 3.26. The van der Waals surface area contributed by atoms with Crippen LogP contribution in [0.4, 0.5) is 0 Å². The zero-order chi connectivity index (χ0) is 25.9. The molecule has 0 bridgehead atoms. The molecule has 3 nitrogen and oxygen atoms in total. The monoisotopic (exact) mass is 484 g/mol. The third-order valence-corrected chi connectivity index (χ3v) is 7.17. The summed E-state index contributed by atoms with van der Waals surface area (Å²) in [5, 5.41) is 4.48. The summed E-state index contributed by atoms with van der Waals surface area (Å²) in [5.74, 6) is 0. The number of pyridine rings is 2. The Balaban J connectivity index is 1.60. The Morgan fingerprint density at radius 2 is 1.22 bits per heavy atom. The van der Waals surface area contributed by atoms with Gasteiger partial charge in [0.25, 0.3) is 0 Å². The fraction of sp³-hybridized carbons (Fsp3) is 0.235. The van der Waals surface area contributed by atoms with Gasteiger partial charge in [-0.05, 0) is 46.7 Å². The standard InChI is InChI=1S/C34H32N2O/c1-33(2,3)23-18-29(36-30(19-23)34(4,5)6)27-16-10-14-25-24-13-9-15-26(31(24)37-32(25)27)28-17-21-11-7-8-12-22(21)20-35-28/h7-20H,1-6H3. The van der Waals surface area contributed by atoms with Gasteiger partial charge in [-0.3, -0.25) is 9.97 Å². The molecule has 6 aromatic rings. The quantitative estimate of drug-likeness (QED) is 0.246. The maximum atomic E-state index is 6.71. The molecule has 0 aliphatic rings. The lowest BCUT2D eigenvalue weighted by atomic mass is 9.82. The first-order chi connectivity index (χ1) is 17.6. The van der Waals surface area contributed by atoms with Crippen LogP contribution < -0.4 is 0 Å². The highest BCUT2D eigenvalue weighted by Crippen LogP contribution is 2.40. The normalized spacial score (nSPS) is 12.6. The second-order valence-corrected chi connectivity index (χ2v) is 12.0. The van der Waals surface area contributed by atoms with Crippen molar-refractivity contribution in [1.29, 1.82) is 0 Å². The second kappa shape index (κ2) is 8.27. The summed E-state index contributed by atoms with van der Waals surface area (Å²) < 4.78 is 6.71. The molecule has 0 radical (unpaired) electrons. The lowest BCUT2D eigenvalue weighted by molar-refractivity contribution is 0.553. The van der Waals surface area contributed by atoms with E-state index in [0.717, 1.165) is 55.5 Å². The zero-order valence-electron chi connectivity index (χ0n) is 22.4. The van der Waals surface area contributed by atoms with Crippen molar-refractivity contribution in [2.45, 2.75) is 52.4 Å². The highest BCUT2D eigenvalue weighted by Gasteiger charge is 2.24. The van der Waals surface area contributed by atoms with E-state index >= 15 is 0 Å². The first-order valence-corrected chi connectivity index (χ1v) is 12.9. The van der Waals surface area contributed by atoms with Crippen LogP contribution in [0.15, 0.2) is 89.5 Å². The minimum absolute atomic E-state index is 0.00832. The Morgan fingerprint density at radius 1 is 0.595 bits per heavy atom. The Hall–Kier alpha value is -3.98. The van der Waals surface area contributed by atoms with Crippen LogP contribution in [0.3, 0.4) is 0 Å². The molecule has 184 valence electrons. The molecular formula is C34H32N2O. The van der Waals surface area contributed by atoms with Gasteiger partial charge >= 0.3 is 0 Å². The molecule has 0 fully saturated rings. The second-order valence-electron chi connectivity index (χ2n) is 12.0. The molecule has 0 saturated heterocycles. The van der Waals surface area contributed by atoms with Gasteiger partial charge in [0, 0.05) is 44.6 Å². The number of hydrogen-bond donors (Lipinski definition) is 0. The summed E-state index contributed by atoms with van der Waals surface area (Å²) >= 11 is 0. The summed E-state index contributed by atoms with van der Waals surface area (Å²) in [5.41, 5.74) is 7.90. The molecule has 3 aromatic carbocycles. The molecule has 0 aliphatic heterocycles. The number of aromatic nitrogens is 2. The first kappa shape index (κ1) is 23.4. The highest BCUT2D eigenvalue weighted by atomic mass is 16.3. The molecule has 3 heteroatoms. The maximum absolute atomic E-state index is 6.71. The summed E-state index contributed by atoms with van der Waals surface area (Å²) in [6.45, 7) is 13.4. The van der Waals surface area contributed by atoms with Crippen molar-refractivity contribution in [1.82, 2.24) is 9.97 Å². The first-order valence-electron chi connectivity index (χ1n) is 12.9. The van der Waals surface area contributed by atoms with Crippen molar-refractivity contribution in [3.63, 3.8) is 0 Å². The van der Waals surface area contributed by atoms with Crippen LogP contribution in [0.2, 0.25) is 0 Å². The zero-order valence-corrected chi connectivity index (χ0v) is 22.4. The van der Waals surface area contributed by atoms with Gasteiger partial charge in [-0.25, -0.2) is 0 Å². The Kier molecular flexibility index (Phi) is 5.24. The van der Waals surface area contributed by atoms with Crippen LogP contribution in [0.25, 0.3) is 55.2 Å². The van der Waals surface area contributed by atoms with Gasteiger partial charge in [0.2, 0.25) is 0 Å². The van der Waals surface area contributed by atoms with Gasteiger partial charge < -0.3 is 4.42 Å². The van der Waals surface area contributed by atoms with Gasteiger partial charge in [-0.2, -0.15) is 0 Å². The van der Waals surface area contributed by atoms with E-state index in [9.17, 15) is 0 Å². The topological polar surface area (TPSA) is 38.9 Å². The number of fused-ring (bicyclic) bond motifs is 4. The number of para-hydroxylation sites is 2. The fourth-order valence-corrected chi connectivity index (χ4v) is 4.94. The molecule has 0 spiro atoms. The largest absolute Gasteiger partial charge is 0.455 e. The Morgan fingerprint density at radius 3 is 1.84 bits per heavy atom. The molecular weight excluding hydrogens is 452 g/mol. The Labute approximate surface area is 218 Å². The molecule has 0 saturated carbocycles. The molecule has 0 N–H and O–H groups in total. The molecule has 3 aromatic heterocycles. The lowest BCUT2D eigenvalue weighted by Gasteiger charge is -2.25. The fourth-order valence-electron chi connectivity index (χ4n) is 4.94. The maximum Gasteiger partial charge on any atom is 0.144 e. The molecule has 0 unspecified atom stereocenters. The van der Waals surface area contributed by atoms with E-state index < -0.39 is 0 Å². The van der Waals surface area contributed by atoms with E-state index in [1.807, 2.05) is 12.3 Å². The summed E-state index contributed by atoms with van der Waals surface area (Å²) in [6, 6.07) is 27.6. The van der Waals surface area contributed by atoms with E-state index in [0.29, 0.717) is 0 Å². The van der Waals surface area contributed by atoms with Crippen LogP contribution in [-0.4, -0.2) is 9.97 Å². The van der Waals surface area contributed by atoms with Gasteiger partial charge in [-0.1, -0.05) is 90.1 Å². The number of rotatable bonds is 2.